The number of rotatable bonds is 71. The monoisotopic (exact) mass is 1320 g/mol. The van der Waals surface area contributed by atoms with Crippen LogP contribution in [0, 0.1) is 5.92 Å². The highest BCUT2D eigenvalue weighted by atomic mass is 31.2. The average molecular weight is 1330 g/mol. The number of carbonyl (C=O) groups excluding carboxylic acids is 4. The van der Waals surface area contributed by atoms with Crippen molar-refractivity contribution in [2.75, 3.05) is 39.6 Å². The fourth-order valence-corrected chi connectivity index (χ4v) is 12.4. The third kappa shape index (κ3) is 63.5. The molecule has 534 valence electrons. The second kappa shape index (κ2) is 64.4. The zero-order valence-electron chi connectivity index (χ0n) is 58.3. The number of phosphoric ester groups is 2. The van der Waals surface area contributed by atoms with Gasteiger partial charge in [0.15, 0.2) is 12.2 Å². The predicted molar refractivity (Wildman–Crippen MR) is 363 cm³/mol. The van der Waals surface area contributed by atoms with Gasteiger partial charge in [-0.2, -0.15) is 0 Å². The second-order valence-corrected chi connectivity index (χ2v) is 28.8. The first-order chi connectivity index (χ1) is 43.6. The number of esters is 4. The van der Waals surface area contributed by atoms with Crippen LogP contribution in [-0.4, -0.2) is 96.7 Å². The van der Waals surface area contributed by atoms with Crippen molar-refractivity contribution in [3.05, 3.63) is 0 Å². The van der Waals surface area contributed by atoms with E-state index in [0.29, 0.717) is 25.7 Å². The zero-order valence-corrected chi connectivity index (χ0v) is 60.1. The third-order valence-electron chi connectivity index (χ3n) is 16.9. The summed E-state index contributed by atoms with van der Waals surface area (Å²) in [6.45, 7) is 7.18. The van der Waals surface area contributed by atoms with E-state index < -0.39 is 97.5 Å². The van der Waals surface area contributed by atoms with Crippen LogP contribution >= 0.6 is 15.6 Å². The van der Waals surface area contributed by atoms with Crippen LogP contribution in [-0.2, 0) is 65.4 Å². The molecule has 0 saturated carbocycles. The third-order valence-corrected chi connectivity index (χ3v) is 18.8. The van der Waals surface area contributed by atoms with Gasteiger partial charge in [0.25, 0.3) is 0 Å². The number of aliphatic hydroxyl groups excluding tert-OH is 1. The molecule has 0 aromatic heterocycles. The number of carbonyl (C=O) groups is 4. The van der Waals surface area contributed by atoms with Crippen molar-refractivity contribution in [2.24, 2.45) is 5.92 Å². The van der Waals surface area contributed by atoms with Crippen LogP contribution in [0.5, 0.6) is 0 Å². The van der Waals surface area contributed by atoms with E-state index in [2.05, 4.69) is 34.6 Å². The largest absolute Gasteiger partial charge is 0.472 e. The second-order valence-electron chi connectivity index (χ2n) is 25.9. The minimum Gasteiger partial charge on any atom is -0.462 e. The van der Waals surface area contributed by atoms with Crippen molar-refractivity contribution >= 4 is 39.5 Å². The number of hydrogen-bond acceptors (Lipinski definition) is 15. The van der Waals surface area contributed by atoms with Gasteiger partial charge >= 0.3 is 39.5 Å². The van der Waals surface area contributed by atoms with Gasteiger partial charge in [0.05, 0.1) is 26.4 Å². The average Bonchev–Trinajstić information content (AvgIpc) is 3.18. The molecule has 0 aliphatic heterocycles. The highest BCUT2D eigenvalue weighted by Gasteiger charge is 2.30. The molecule has 0 heterocycles. The molecule has 6 atom stereocenters. The molecule has 0 amide bonds. The number of aliphatic hydroxyl groups is 1. The quantitative estimate of drug-likeness (QED) is 0.0222. The SMILES string of the molecule is CCCCCCCCCCCCCCCCCCCC(=O)O[C@H](COC(=O)CCCCCCCCCCCCCCCCC)COP(=O)(O)OC[C@@H](O)COP(=O)(O)OC[C@@H](COC(=O)CCCCCCCCCC)OC(=O)CCCCCCCCC(C)CC. The maximum atomic E-state index is 13.0. The number of phosphoric acid groups is 2. The molecule has 90 heavy (non-hydrogen) atoms. The Bertz CT molecular complexity index is 1740. The molecule has 0 rings (SSSR count). The van der Waals surface area contributed by atoms with E-state index in [1.165, 1.54) is 186 Å². The lowest BCUT2D eigenvalue weighted by Gasteiger charge is -2.21. The Morgan fingerprint density at radius 1 is 0.311 bits per heavy atom. The fourth-order valence-electron chi connectivity index (χ4n) is 10.8. The van der Waals surface area contributed by atoms with Crippen LogP contribution in [0.15, 0.2) is 0 Å². The molecule has 3 N–H and O–H groups in total. The lowest BCUT2D eigenvalue weighted by atomic mass is 10.00. The molecule has 0 radical (unpaired) electrons. The smallest absolute Gasteiger partial charge is 0.462 e. The van der Waals surface area contributed by atoms with Gasteiger partial charge in [0.2, 0.25) is 0 Å². The molecule has 0 bridgehead atoms. The van der Waals surface area contributed by atoms with Gasteiger partial charge in [0, 0.05) is 25.7 Å². The van der Waals surface area contributed by atoms with Gasteiger partial charge in [-0.05, 0) is 31.6 Å². The Kier molecular flexibility index (Phi) is 63.0. The van der Waals surface area contributed by atoms with E-state index in [1.807, 2.05) is 0 Å². The first kappa shape index (κ1) is 88.1. The summed E-state index contributed by atoms with van der Waals surface area (Å²) in [7, 11) is -9.90. The van der Waals surface area contributed by atoms with Gasteiger partial charge in [-0.1, -0.05) is 317 Å². The summed E-state index contributed by atoms with van der Waals surface area (Å²) in [6.07, 6.45) is 51.4. The lowest BCUT2D eigenvalue weighted by Crippen LogP contribution is -2.30. The van der Waals surface area contributed by atoms with Gasteiger partial charge in [-0.25, -0.2) is 9.13 Å². The molecular formula is C71H138O17P2. The van der Waals surface area contributed by atoms with Gasteiger partial charge < -0.3 is 33.8 Å². The molecule has 0 aliphatic carbocycles. The normalized spacial score (nSPS) is 14.4. The standard InChI is InChI=1S/C71H138O17P2/c1-6-10-13-16-19-22-24-26-28-29-31-33-35-37-40-46-51-56-70(75)87-66(60-82-69(74)55-50-45-39-36-34-32-30-27-25-23-20-17-14-11-7-2)62-85-89(77,78)83-58-65(72)59-84-90(79,80)86-63-67(61-81-68(73)54-49-44-38-21-18-15-12-8-3)88-71(76)57-52-47-42-41-43-48-53-64(5)9-4/h64-67,72H,6-63H2,1-5H3,(H,77,78)(H,79,80)/t64?,65-,66-,67-/m1/s1. The molecule has 0 aromatic carbocycles. The molecule has 0 aliphatic rings. The van der Waals surface area contributed by atoms with Gasteiger partial charge in [-0.15, -0.1) is 0 Å². The van der Waals surface area contributed by atoms with Crippen molar-refractivity contribution < 1.29 is 80.2 Å². The predicted octanol–water partition coefficient (Wildman–Crippen LogP) is 20.5. The van der Waals surface area contributed by atoms with Crippen molar-refractivity contribution in [1.82, 2.24) is 0 Å². The number of ether oxygens (including phenoxy) is 4. The summed E-state index contributed by atoms with van der Waals surface area (Å²) in [5, 5.41) is 10.6. The van der Waals surface area contributed by atoms with Crippen LogP contribution in [0.3, 0.4) is 0 Å². The zero-order chi connectivity index (χ0) is 66.3. The highest BCUT2D eigenvalue weighted by molar-refractivity contribution is 7.47. The maximum Gasteiger partial charge on any atom is 0.472 e. The summed E-state index contributed by atoms with van der Waals surface area (Å²) in [5.74, 6) is -1.40. The van der Waals surface area contributed by atoms with Crippen LogP contribution < -0.4 is 0 Å². The summed E-state index contributed by atoms with van der Waals surface area (Å²) in [5.41, 5.74) is 0. The number of hydrogen-bond donors (Lipinski definition) is 3. The minimum absolute atomic E-state index is 0.103. The molecule has 0 fully saturated rings. The highest BCUT2D eigenvalue weighted by Crippen LogP contribution is 2.45. The first-order valence-electron chi connectivity index (χ1n) is 37.2. The van der Waals surface area contributed by atoms with E-state index in [9.17, 15) is 43.2 Å². The van der Waals surface area contributed by atoms with Crippen LogP contribution in [0.25, 0.3) is 0 Å². The molecule has 17 nitrogen and oxygen atoms in total. The van der Waals surface area contributed by atoms with Gasteiger partial charge in [-0.3, -0.25) is 37.3 Å². The van der Waals surface area contributed by atoms with Crippen LogP contribution in [0.1, 0.15) is 369 Å². The van der Waals surface area contributed by atoms with Crippen molar-refractivity contribution in [3.63, 3.8) is 0 Å². The Hall–Kier alpha value is -1.94. The van der Waals surface area contributed by atoms with Crippen molar-refractivity contribution in [2.45, 2.75) is 387 Å². The minimum atomic E-state index is -4.95. The van der Waals surface area contributed by atoms with E-state index in [0.717, 1.165) is 102 Å². The molecule has 3 unspecified atom stereocenters. The van der Waals surface area contributed by atoms with Crippen LogP contribution in [0.4, 0.5) is 0 Å². The molecule has 0 spiro atoms. The van der Waals surface area contributed by atoms with Gasteiger partial charge in [0.1, 0.15) is 19.3 Å². The Balaban J connectivity index is 5.21. The Morgan fingerprint density at radius 2 is 0.533 bits per heavy atom. The van der Waals surface area contributed by atoms with E-state index in [1.54, 1.807) is 0 Å². The van der Waals surface area contributed by atoms with Crippen molar-refractivity contribution in [3.8, 4) is 0 Å². The summed E-state index contributed by atoms with van der Waals surface area (Å²) in [4.78, 5) is 72.5. The molecule has 19 heteroatoms. The maximum absolute atomic E-state index is 13.0. The van der Waals surface area contributed by atoms with E-state index in [-0.39, 0.29) is 25.7 Å². The molecular weight excluding hydrogens is 1190 g/mol. The first-order valence-corrected chi connectivity index (χ1v) is 40.2. The molecule has 0 aromatic rings. The van der Waals surface area contributed by atoms with Crippen molar-refractivity contribution in [1.29, 1.82) is 0 Å². The Labute approximate surface area is 549 Å². The van der Waals surface area contributed by atoms with E-state index in [4.69, 9.17) is 37.0 Å². The topological polar surface area (TPSA) is 237 Å². The summed E-state index contributed by atoms with van der Waals surface area (Å²) >= 11 is 0. The fraction of sp³-hybridized carbons (Fsp3) is 0.944. The summed E-state index contributed by atoms with van der Waals surface area (Å²) in [6, 6.07) is 0. The van der Waals surface area contributed by atoms with E-state index >= 15 is 0 Å². The lowest BCUT2D eigenvalue weighted by molar-refractivity contribution is -0.161. The summed E-state index contributed by atoms with van der Waals surface area (Å²) < 4.78 is 68.2. The Morgan fingerprint density at radius 3 is 0.789 bits per heavy atom. The number of unbranched alkanes of at least 4 members (excludes halogenated alkanes) is 42. The molecule has 0 saturated heterocycles. The van der Waals surface area contributed by atoms with Crippen LogP contribution in [0.2, 0.25) is 0 Å².